The van der Waals surface area contributed by atoms with Gasteiger partial charge in [0.15, 0.2) is 0 Å². The molecular formula is C26H30Cl2N4O2. The maximum Gasteiger partial charge on any atom is 0.257 e. The van der Waals surface area contributed by atoms with Crippen molar-refractivity contribution in [1.29, 1.82) is 0 Å². The molecule has 2 aromatic rings. The average molecular weight is 501 g/mol. The van der Waals surface area contributed by atoms with Crippen LogP contribution in [0.2, 0.25) is 10.0 Å². The van der Waals surface area contributed by atoms with Gasteiger partial charge in [0, 0.05) is 18.7 Å². The topological polar surface area (TPSA) is 78.4 Å². The Balaban J connectivity index is 1.15. The molecule has 34 heavy (non-hydrogen) atoms. The molecule has 4 fully saturated rings. The summed E-state index contributed by atoms with van der Waals surface area (Å²) in [5.74, 6) is 3.01. The molecule has 0 radical (unpaired) electrons. The van der Waals surface area contributed by atoms with E-state index in [2.05, 4.69) is 15.3 Å². The minimum atomic E-state index is -0.365. The molecule has 8 heteroatoms. The molecule has 1 aromatic carbocycles. The van der Waals surface area contributed by atoms with E-state index in [0.29, 0.717) is 41.7 Å². The maximum atomic E-state index is 13.1. The van der Waals surface area contributed by atoms with Gasteiger partial charge in [0.25, 0.3) is 5.91 Å². The predicted octanol–water partition coefficient (Wildman–Crippen LogP) is 4.97. The van der Waals surface area contributed by atoms with Crippen LogP contribution in [0.1, 0.15) is 60.1 Å². The summed E-state index contributed by atoms with van der Waals surface area (Å²) in [6.07, 6.45) is 9.43. The standard InChI is InChI=1S/C26H30Cl2N4O2/c27-19-2-1-3-20(28)23(19)25(34)32-5-4-18-21(13-32)30-14-31-24(18)29-12-22(33)26-9-15-6-16(10-26)8-17(7-15)11-26/h1-3,14-17,22,33H,4-13H2,(H,29,30,31). The molecule has 6 nitrogen and oxygen atoms in total. The number of aromatic nitrogens is 2. The Labute approximate surface area is 210 Å². The van der Waals surface area contributed by atoms with Crippen LogP contribution in [-0.2, 0) is 13.0 Å². The number of hydrogen-bond acceptors (Lipinski definition) is 5. The minimum absolute atomic E-state index is 0.0757. The zero-order valence-electron chi connectivity index (χ0n) is 19.1. The second kappa shape index (κ2) is 8.65. The molecule has 180 valence electrons. The fourth-order valence-electron chi connectivity index (χ4n) is 7.54. The highest BCUT2D eigenvalue weighted by Gasteiger charge is 2.53. The number of halogens is 2. The summed E-state index contributed by atoms with van der Waals surface area (Å²) >= 11 is 12.5. The summed E-state index contributed by atoms with van der Waals surface area (Å²) in [6, 6.07) is 5.09. The quantitative estimate of drug-likeness (QED) is 0.605. The first-order valence-electron chi connectivity index (χ1n) is 12.4. The van der Waals surface area contributed by atoms with Gasteiger partial charge in [-0.05, 0) is 80.2 Å². The number of benzene rings is 1. The number of nitrogens with one attached hydrogen (secondary N) is 1. The smallest absolute Gasteiger partial charge is 0.257 e. The summed E-state index contributed by atoms with van der Waals surface area (Å²) in [6.45, 7) is 1.42. The Bertz CT molecular complexity index is 1070. The highest BCUT2D eigenvalue weighted by molar-refractivity contribution is 6.39. The summed E-state index contributed by atoms with van der Waals surface area (Å²) in [5, 5.41) is 15.4. The van der Waals surface area contributed by atoms with Crippen LogP contribution in [-0.4, -0.2) is 45.1 Å². The largest absolute Gasteiger partial charge is 0.391 e. The lowest BCUT2D eigenvalue weighted by atomic mass is 9.48. The van der Waals surface area contributed by atoms with Crippen LogP contribution in [0.15, 0.2) is 24.5 Å². The Kier molecular flexibility index (Phi) is 5.74. The Morgan fingerprint density at radius 3 is 2.41 bits per heavy atom. The predicted molar refractivity (Wildman–Crippen MR) is 132 cm³/mol. The molecule has 1 atom stereocenters. The monoisotopic (exact) mass is 500 g/mol. The molecule has 0 saturated heterocycles. The second-order valence-electron chi connectivity index (χ2n) is 10.9. The van der Waals surface area contributed by atoms with Crippen molar-refractivity contribution in [1.82, 2.24) is 14.9 Å². The van der Waals surface area contributed by atoms with Gasteiger partial charge in [-0.15, -0.1) is 0 Å². The number of amides is 1. The molecule has 1 aromatic heterocycles. The fourth-order valence-corrected chi connectivity index (χ4v) is 8.10. The summed E-state index contributed by atoms with van der Waals surface area (Å²) in [7, 11) is 0. The molecule has 7 rings (SSSR count). The third-order valence-corrected chi connectivity index (χ3v) is 9.36. The third kappa shape index (κ3) is 3.88. The van der Waals surface area contributed by atoms with Crippen LogP contribution >= 0.6 is 23.2 Å². The number of aliphatic hydroxyl groups is 1. The van der Waals surface area contributed by atoms with Crippen molar-refractivity contribution in [3.8, 4) is 0 Å². The molecular weight excluding hydrogens is 471 g/mol. The minimum Gasteiger partial charge on any atom is -0.391 e. The number of aliphatic hydroxyl groups excluding tert-OH is 1. The lowest BCUT2D eigenvalue weighted by Crippen LogP contribution is -2.53. The van der Waals surface area contributed by atoms with Gasteiger partial charge < -0.3 is 15.3 Å². The van der Waals surface area contributed by atoms with Crippen molar-refractivity contribution >= 4 is 34.9 Å². The zero-order valence-corrected chi connectivity index (χ0v) is 20.7. The Morgan fingerprint density at radius 1 is 1.12 bits per heavy atom. The lowest BCUT2D eigenvalue weighted by Gasteiger charge is -2.58. The molecule has 5 aliphatic rings. The normalized spacial score (nSPS) is 30.2. The highest BCUT2D eigenvalue weighted by atomic mass is 35.5. The first-order chi connectivity index (χ1) is 16.4. The SMILES string of the molecule is O=C(c1c(Cl)cccc1Cl)N1CCc2c(ncnc2NCC(O)C23CC4CC(CC(C4)C2)C3)C1. The van der Waals surface area contributed by atoms with Gasteiger partial charge >= 0.3 is 0 Å². The van der Waals surface area contributed by atoms with Crippen molar-refractivity contribution in [2.75, 3.05) is 18.4 Å². The van der Waals surface area contributed by atoms with Gasteiger partial charge in [-0.3, -0.25) is 4.79 Å². The van der Waals surface area contributed by atoms with Crippen LogP contribution in [0, 0.1) is 23.2 Å². The number of carbonyl (C=O) groups excluding carboxylic acids is 1. The highest BCUT2D eigenvalue weighted by Crippen LogP contribution is 2.61. The molecule has 4 bridgehead atoms. The number of carbonyl (C=O) groups is 1. The van der Waals surface area contributed by atoms with Gasteiger partial charge in [0.05, 0.1) is 34.0 Å². The van der Waals surface area contributed by atoms with E-state index in [4.69, 9.17) is 23.2 Å². The number of rotatable bonds is 5. The molecule has 2 heterocycles. The zero-order chi connectivity index (χ0) is 23.4. The lowest BCUT2D eigenvalue weighted by molar-refractivity contribution is -0.115. The van der Waals surface area contributed by atoms with E-state index >= 15 is 0 Å². The van der Waals surface area contributed by atoms with Crippen molar-refractivity contribution in [3.63, 3.8) is 0 Å². The van der Waals surface area contributed by atoms with Gasteiger partial charge in [-0.2, -0.15) is 0 Å². The number of anilines is 1. The van der Waals surface area contributed by atoms with Crippen LogP contribution in [0.4, 0.5) is 5.82 Å². The first-order valence-corrected chi connectivity index (χ1v) is 13.2. The fraction of sp³-hybridized carbons (Fsp3) is 0.577. The molecule has 0 spiro atoms. The number of hydrogen-bond donors (Lipinski definition) is 2. The molecule has 2 N–H and O–H groups in total. The van der Waals surface area contributed by atoms with Gasteiger partial charge in [-0.25, -0.2) is 9.97 Å². The molecule has 1 amide bonds. The van der Waals surface area contributed by atoms with Crippen LogP contribution < -0.4 is 5.32 Å². The van der Waals surface area contributed by atoms with Crippen molar-refractivity contribution in [2.45, 2.75) is 57.6 Å². The van der Waals surface area contributed by atoms with Gasteiger partial charge in [0.2, 0.25) is 0 Å². The summed E-state index contributed by atoms with van der Waals surface area (Å²) < 4.78 is 0. The second-order valence-corrected chi connectivity index (χ2v) is 11.7. The third-order valence-electron chi connectivity index (χ3n) is 8.73. The van der Waals surface area contributed by atoms with Crippen molar-refractivity contribution in [2.24, 2.45) is 23.2 Å². The van der Waals surface area contributed by atoms with E-state index in [1.165, 1.54) is 44.9 Å². The summed E-state index contributed by atoms with van der Waals surface area (Å²) in [5.41, 5.74) is 2.26. The number of fused-ring (bicyclic) bond motifs is 1. The van der Waals surface area contributed by atoms with Crippen molar-refractivity contribution in [3.05, 3.63) is 51.4 Å². The number of nitrogens with zero attached hydrogens (tertiary/aromatic N) is 3. The van der Waals surface area contributed by atoms with E-state index in [9.17, 15) is 9.90 Å². The van der Waals surface area contributed by atoms with E-state index < -0.39 is 0 Å². The van der Waals surface area contributed by atoms with Crippen molar-refractivity contribution < 1.29 is 9.90 Å². The van der Waals surface area contributed by atoms with Gasteiger partial charge in [-0.1, -0.05) is 29.3 Å². The van der Waals surface area contributed by atoms with E-state index in [1.807, 2.05) is 0 Å². The Morgan fingerprint density at radius 2 is 1.76 bits per heavy atom. The van der Waals surface area contributed by atoms with E-state index in [1.54, 1.807) is 23.1 Å². The average Bonchev–Trinajstić information content (AvgIpc) is 2.81. The molecule has 1 unspecified atom stereocenters. The first kappa shape index (κ1) is 22.6. The van der Waals surface area contributed by atoms with Gasteiger partial charge in [0.1, 0.15) is 12.1 Å². The molecule has 4 saturated carbocycles. The van der Waals surface area contributed by atoms with Crippen LogP contribution in [0.3, 0.4) is 0 Å². The maximum absolute atomic E-state index is 13.1. The molecule has 1 aliphatic heterocycles. The van der Waals surface area contributed by atoms with E-state index in [-0.39, 0.29) is 17.4 Å². The molecule has 4 aliphatic carbocycles. The summed E-state index contributed by atoms with van der Waals surface area (Å²) in [4.78, 5) is 23.8. The van der Waals surface area contributed by atoms with E-state index in [0.717, 1.165) is 34.8 Å². The van der Waals surface area contributed by atoms with Crippen LogP contribution in [0.25, 0.3) is 0 Å². The Hall–Kier alpha value is -1.89. The van der Waals surface area contributed by atoms with Crippen LogP contribution in [0.5, 0.6) is 0 Å².